The van der Waals surface area contributed by atoms with Crippen LogP contribution < -0.4 is 24.8 Å². The van der Waals surface area contributed by atoms with E-state index in [0.29, 0.717) is 32.3 Å². The Bertz CT molecular complexity index is 906. The summed E-state index contributed by atoms with van der Waals surface area (Å²) < 4.78 is 23.0. The van der Waals surface area contributed by atoms with Crippen molar-refractivity contribution in [1.82, 2.24) is 10.2 Å². The fourth-order valence-electron chi connectivity index (χ4n) is 3.64. The third-order valence-electron chi connectivity index (χ3n) is 5.42. The van der Waals surface area contributed by atoms with Crippen molar-refractivity contribution in [3.05, 3.63) is 48.0 Å². The van der Waals surface area contributed by atoms with Crippen LogP contribution in [-0.2, 0) is 11.3 Å². The lowest BCUT2D eigenvalue weighted by Gasteiger charge is -2.26. The molecule has 9 heteroatoms. The minimum atomic E-state index is 0. The van der Waals surface area contributed by atoms with Gasteiger partial charge in [0.15, 0.2) is 17.5 Å². The van der Waals surface area contributed by atoms with E-state index in [-0.39, 0.29) is 24.0 Å². The van der Waals surface area contributed by atoms with Gasteiger partial charge in [-0.15, -0.1) is 24.0 Å². The first kappa shape index (κ1) is 25.4. The number of nitrogens with zero attached hydrogens (tertiary/aromatic N) is 2. The molecule has 33 heavy (non-hydrogen) atoms. The number of morpholine rings is 1. The Morgan fingerprint density at radius 2 is 1.82 bits per heavy atom. The third kappa shape index (κ3) is 7.65. The van der Waals surface area contributed by atoms with Gasteiger partial charge in [0.05, 0.1) is 26.4 Å². The third-order valence-corrected chi connectivity index (χ3v) is 5.42. The molecule has 2 aliphatic heterocycles. The lowest BCUT2D eigenvalue weighted by molar-refractivity contribution is 0.0322. The molecule has 0 bridgehead atoms. The van der Waals surface area contributed by atoms with Crippen molar-refractivity contribution in [1.29, 1.82) is 0 Å². The number of benzene rings is 2. The number of halogens is 1. The zero-order valence-electron chi connectivity index (χ0n) is 19.0. The fourth-order valence-corrected chi connectivity index (χ4v) is 3.64. The summed E-state index contributed by atoms with van der Waals surface area (Å²) in [6.45, 7) is 7.02. The molecule has 2 aromatic rings. The van der Waals surface area contributed by atoms with Crippen LogP contribution in [-0.4, -0.2) is 70.6 Å². The average molecular weight is 568 g/mol. The Hall–Kier alpha value is -2.24. The Morgan fingerprint density at radius 1 is 1.03 bits per heavy atom. The van der Waals surface area contributed by atoms with Crippen molar-refractivity contribution in [2.45, 2.75) is 13.0 Å². The maximum absolute atomic E-state index is 6.08. The van der Waals surface area contributed by atoms with Gasteiger partial charge in [-0.1, -0.05) is 18.2 Å². The minimum Gasteiger partial charge on any atom is -0.492 e. The van der Waals surface area contributed by atoms with Gasteiger partial charge in [0.2, 0.25) is 0 Å². The number of aliphatic imine (C=N–C) groups is 1. The molecule has 1 saturated heterocycles. The standard InChI is InChI=1S/C24H32N4O4.HI/c1-25-24(27-20-7-8-22-23(17-20)31-13-4-12-30-22)26-18-19-5-2-3-6-21(19)32-16-11-28-9-14-29-15-10-28;/h2-3,5-8,17H,4,9-16,18H2,1H3,(H2,25,26,27);1H. The number of hydrogen-bond acceptors (Lipinski definition) is 6. The van der Waals surface area contributed by atoms with E-state index >= 15 is 0 Å². The summed E-state index contributed by atoms with van der Waals surface area (Å²) in [5, 5.41) is 6.69. The van der Waals surface area contributed by atoms with E-state index < -0.39 is 0 Å². The lowest BCUT2D eigenvalue weighted by Crippen LogP contribution is -2.38. The van der Waals surface area contributed by atoms with Crippen LogP contribution in [0.2, 0.25) is 0 Å². The minimum absolute atomic E-state index is 0. The highest BCUT2D eigenvalue weighted by molar-refractivity contribution is 14.0. The Balaban J connectivity index is 0.00000306. The van der Waals surface area contributed by atoms with Crippen LogP contribution in [0.4, 0.5) is 5.69 Å². The molecule has 0 atom stereocenters. The highest BCUT2D eigenvalue weighted by atomic mass is 127. The molecule has 180 valence electrons. The molecular formula is C24H33IN4O4. The van der Waals surface area contributed by atoms with Gasteiger partial charge >= 0.3 is 0 Å². The van der Waals surface area contributed by atoms with Crippen molar-refractivity contribution in [2.24, 2.45) is 4.99 Å². The Morgan fingerprint density at radius 3 is 2.64 bits per heavy atom. The zero-order valence-corrected chi connectivity index (χ0v) is 21.4. The number of guanidine groups is 1. The summed E-state index contributed by atoms with van der Waals surface area (Å²) >= 11 is 0. The summed E-state index contributed by atoms with van der Waals surface area (Å²) in [6, 6.07) is 13.9. The number of rotatable bonds is 7. The maximum atomic E-state index is 6.08. The number of fused-ring (bicyclic) bond motifs is 1. The fraction of sp³-hybridized carbons (Fsp3) is 0.458. The van der Waals surface area contributed by atoms with Crippen LogP contribution in [0.3, 0.4) is 0 Å². The lowest BCUT2D eigenvalue weighted by atomic mass is 10.2. The highest BCUT2D eigenvalue weighted by Crippen LogP contribution is 2.32. The zero-order chi connectivity index (χ0) is 22.0. The molecule has 0 radical (unpaired) electrons. The van der Waals surface area contributed by atoms with Gasteiger partial charge < -0.3 is 29.6 Å². The summed E-state index contributed by atoms with van der Waals surface area (Å²) in [5.41, 5.74) is 1.97. The number of anilines is 1. The Kier molecular flexibility index (Phi) is 10.4. The van der Waals surface area contributed by atoms with Gasteiger partial charge in [-0.3, -0.25) is 9.89 Å². The van der Waals surface area contributed by atoms with E-state index in [1.54, 1.807) is 7.05 Å². The first-order valence-electron chi connectivity index (χ1n) is 11.2. The molecule has 0 amide bonds. The van der Waals surface area contributed by atoms with Crippen molar-refractivity contribution < 1.29 is 18.9 Å². The van der Waals surface area contributed by atoms with Crippen molar-refractivity contribution in [3.63, 3.8) is 0 Å². The number of hydrogen-bond donors (Lipinski definition) is 2. The monoisotopic (exact) mass is 568 g/mol. The largest absolute Gasteiger partial charge is 0.492 e. The summed E-state index contributed by atoms with van der Waals surface area (Å²) in [4.78, 5) is 6.71. The van der Waals surface area contributed by atoms with Crippen LogP contribution in [0.1, 0.15) is 12.0 Å². The second kappa shape index (κ2) is 13.5. The van der Waals surface area contributed by atoms with Crippen molar-refractivity contribution in [3.8, 4) is 17.2 Å². The number of para-hydroxylation sites is 1. The van der Waals surface area contributed by atoms with Gasteiger partial charge in [0.1, 0.15) is 12.4 Å². The molecule has 0 unspecified atom stereocenters. The molecule has 8 nitrogen and oxygen atoms in total. The van der Waals surface area contributed by atoms with Crippen LogP contribution in [0.5, 0.6) is 17.2 Å². The summed E-state index contributed by atoms with van der Waals surface area (Å²) in [5.74, 6) is 3.09. The molecule has 2 N–H and O–H groups in total. The molecule has 4 rings (SSSR count). The quantitative estimate of drug-likeness (QED) is 0.302. The van der Waals surface area contributed by atoms with E-state index in [2.05, 4.69) is 26.6 Å². The van der Waals surface area contributed by atoms with Gasteiger partial charge in [-0.25, -0.2) is 0 Å². The van der Waals surface area contributed by atoms with E-state index in [1.165, 1.54) is 0 Å². The van der Waals surface area contributed by atoms with Gasteiger partial charge in [0.25, 0.3) is 0 Å². The number of ether oxygens (including phenoxy) is 4. The highest BCUT2D eigenvalue weighted by Gasteiger charge is 2.13. The average Bonchev–Trinajstić information content (AvgIpc) is 3.08. The second-order valence-corrected chi connectivity index (χ2v) is 7.67. The van der Waals surface area contributed by atoms with Crippen LogP contribution >= 0.6 is 24.0 Å². The van der Waals surface area contributed by atoms with Crippen molar-refractivity contribution >= 4 is 35.6 Å². The Labute approximate surface area is 212 Å². The smallest absolute Gasteiger partial charge is 0.195 e. The maximum Gasteiger partial charge on any atom is 0.195 e. The normalized spacial score (nSPS) is 16.3. The molecule has 1 fully saturated rings. The molecule has 0 aromatic heterocycles. The van der Waals surface area contributed by atoms with E-state index in [0.717, 1.165) is 67.8 Å². The topological polar surface area (TPSA) is 76.6 Å². The predicted molar refractivity (Wildman–Crippen MR) is 140 cm³/mol. The number of nitrogens with one attached hydrogen (secondary N) is 2. The van der Waals surface area contributed by atoms with Crippen molar-refractivity contribution in [2.75, 3.05) is 65.0 Å². The first-order valence-corrected chi connectivity index (χ1v) is 11.2. The van der Waals surface area contributed by atoms with Gasteiger partial charge in [-0.2, -0.15) is 0 Å². The molecule has 2 heterocycles. The molecule has 2 aromatic carbocycles. The molecule has 0 spiro atoms. The van der Waals surface area contributed by atoms with Crippen LogP contribution in [0.15, 0.2) is 47.5 Å². The van der Waals surface area contributed by atoms with Gasteiger partial charge in [-0.05, 0) is 18.2 Å². The van der Waals surface area contributed by atoms with E-state index in [1.807, 2.05) is 36.4 Å². The molecule has 0 saturated carbocycles. The van der Waals surface area contributed by atoms with Crippen LogP contribution in [0, 0.1) is 0 Å². The molecular weight excluding hydrogens is 535 g/mol. The second-order valence-electron chi connectivity index (χ2n) is 7.67. The summed E-state index contributed by atoms with van der Waals surface area (Å²) in [7, 11) is 1.75. The summed E-state index contributed by atoms with van der Waals surface area (Å²) in [6.07, 6.45) is 0.884. The van der Waals surface area contributed by atoms with E-state index in [4.69, 9.17) is 18.9 Å². The SMILES string of the molecule is CN=C(NCc1ccccc1OCCN1CCOCC1)Nc1ccc2c(c1)OCCCO2.I. The van der Waals surface area contributed by atoms with E-state index in [9.17, 15) is 0 Å². The first-order chi connectivity index (χ1) is 15.8. The molecule has 2 aliphatic rings. The predicted octanol–water partition coefficient (Wildman–Crippen LogP) is 3.36. The van der Waals surface area contributed by atoms with Crippen LogP contribution in [0.25, 0.3) is 0 Å². The van der Waals surface area contributed by atoms with Gasteiger partial charge in [0, 0.05) is 57.0 Å². The molecule has 0 aliphatic carbocycles.